The first kappa shape index (κ1) is 20.3. The number of piperidine rings is 1. The van der Waals surface area contributed by atoms with Crippen LogP contribution in [0.3, 0.4) is 0 Å². The smallest absolute Gasteiger partial charge is 0.307 e. The van der Waals surface area contributed by atoms with Crippen molar-refractivity contribution in [1.82, 2.24) is 4.90 Å². The second-order valence-corrected chi connectivity index (χ2v) is 5.81. The molecule has 1 heterocycles. The average molecular weight is 357 g/mol. The summed E-state index contributed by atoms with van der Waals surface area (Å²) in [6, 6.07) is 6.86. The molecule has 1 aliphatic rings. The van der Waals surface area contributed by atoms with Crippen molar-refractivity contribution < 1.29 is 19.4 Å². The topological polar surface area (TPSA) is 78.9 Å². The molecular weight excluding hydrogens is 332 g/mol. The van der Waals surface area contributed by atoms with Gasteiger partial charge in [0.25, 0.3) is 0 Å². The standard InChI is InChI=1S/C17H24N2O4.ClH/c1-3-15(19-10-4-5-12(11-19)17(21)22)16(20)18-13-6-8-14(23-2)9-7-13;/h6-9,12,15H,3-5,10-11H2,1-2H3,(H,18,20)(H,21,22);1H. The maximum atomic E-state index is 12.5. The van der Waals surface area contributed by atoms with Crippen LogP contribution in [0.15, 0.2) is 24.3 Å². The Morgan fingerprint density at radius 3 is 2.58 bits per heavy atom. The number of amides is 1. The Morgan fingerprint density at radius 2 is 2.04 bits per heavy atom. The molecule has 1 amide bonds. The van der Waals surface area contributed by atoms with E-state index < -0.39 is 5.97 Å². The molecule has 1 aromatic carbocycles. The molecule has 0 spiro atoms. The number of likely N-dealkylation sites (tertiary alicyclic amines) is 1. The number of carbonyl (C=O) groups is 2. The fourth-order valence-electron chi connectivity index (χ4n) is 3.00. The van der Waals surface area contributed by atoms with E-state index in [0.29, 0.717) is 25.1 Å². The van der Waals surface area contributed by atoms with E-state index in [1.807, 2.05) is 11.8 Å². The molecule has 1 aromatic rings. The van der Waals surface area contributed by atoms with Crippen LogP contribution in [0.2, 0.25) is 0 Å². The molecule has 2 rings (SSSR count). The van der Waals surface area contributed by atoms with Crippen molar-refractivity contribution in [3.63, 3.8) is 0 Å². The maximum absolute atomic E-state index is 12.5. The van der Waals surface area contributed by atoms with Gasteiger partial charge < -0.3 is 15.2 Å². The molecular formula is C17H25ClN2O4. The van der Waals surface area contributed by atoms with Crippen molar-refractivity contribution in [2.75, 3.05) is 25.5 Å². The van der Waals surface area contributed by atoms with Crippen LogP contribution in [-0.4, -0.2) is 48.1 Å². The van der Waals surface area contributed by atoms with E-state index in [1.54, 1.807) is 31.4 Å². The van der Waals surface area contributed by atoms with Gasteiger partial charge in [-0.25, -0.2) is 0 Å². The van der Waals surface area contributed by atoms with Crippen molar-refractivity contribution in [3.8, 4) is 5.75 Å². The summed E-state index contributed by atoms with van der Waals surface area (Å²) in [5.41, 5.74) is 0.709. The first-order valence-corrected chi connectivity index (χ1v) is 7.97. The Kier molecular flexibility index (Phi) is 8.01. The van der Waals surface area contributed by atoms with Gasteiger partial charge in [-0.3, -0.25) is 14.5 Å². The molecule has 2 atom stereocenters. The zero-order valence-electron chi connectivity index (χ0n) is 14.0. The number of rotatable bonds is 6. The molecule has 1 fully saturated rings. The highest BCUT2D eigenvalue weighted by molar-refractivity contribution is 5.94. The number of aliphatic carboxylic acids is 1. The van der Waals surface area contributed by atoms with Gasteiger partial charge >= 0.3 is 5.97 Å². The quantitative estimate of drug-likeness (QED) is 0.819. The van der Waals surface area contributed by atoms with Crippen LogP contribution in [0.1, 0.15) is 26.2 Å². The molecule has 0 aromatic heterocycles. The zero-order valence-corrected chi connectivity index (χ0v) is 14.8. The minimum absolute atomic E-state index is 0. The van der Waals surface area contributed by atoms with Gasteiger partial charge in [0.15, 0.2) is 0 Å². The van der Waals surface area contributed by atoms with Crippen LogP contribution in [-0.2, 0) is 9.59 Å². The molecule has 0 saturated carbocycles. The number of nitrogens with zero attached hydrogens (tertiary/aromatic N) is 1. The maximum Gasteiger partial charge on any atom is 0.307 e. The van der Waals surface area contributed by atoms with Crippen LogP contribution in [0.25, 0.3) is 0 Å². The zero-order chi connectivity index (χ0) is 16.8. The SMILES string of the molecule is CCC(C(=O)Nc1ccc(OC)cc1)N1CCCC(C(=O)O)C1.Cl. The van der Waals surface area contributed by atoms with Gasteiger partial charge in [-0.15, -0.1) is 12.4 Å². The number of carbonyl (C=O) groups excluding carboxylic acids is 1. The Balaban J connectivity index is 0.00000288. The highest BCUT2D eigenvalue weighted by atomic mass is 35.5. The lowest BCUT2D eigenvalue weighted by molar-refractivity contribution is -0.144. The number of anilines is 1. The van der Waals surface area contributed by atoms with E-state index in [4.69, 9.17) is 4.74 Å². The monoisotopic (exact) mass is 356 g/mol. The predicted octanol–water partition coefficient (Wildman–Crippen LogP) is 2.63. The van der Waals surface area contributed by atoms with E-state index in [9.17, 15) is 14.7 Å². The summed E-state index contributed by atoms with van der Waals surface area (Å²) < 4.78 is 5.10. The predicted molar refractivity (Wildman–Crippen MR) is 94.9 cm³/mol. The summed E-state index contributed by atoms with van der Waals surface area (Å²) >= 11 is 0. The molecule has 2 unspecified atom stereocenters. The first-order chi connectivity index (χ1) is 11.0. The van der Waals surface area contributed by atoms with Crippen LogP contribution < -0.4 is 10.1 Å². The summed E-state index contributed by atoms with van der Waals surface area (Å²) in [6.45, 7) is 3.14. The molecule has 134 valence electrons. The largest absolute Gasteiger partial charge is 0.497 e. The highest BCUT2D eigenvalue weighted by Crippen LogP contribution is 2.21. The number of ether oxygens (including phenoxy) is 1. The molecule has 6 nitrogen and oxygen atoms in total. The summed E-state index contributed by atoms with van der Waals surface area (Å²) in [7, 11) is 1.59. The average Bonchev–Trinajstić information content (AvgIpc) is 2.56. The van der Waals surface area contributed by atoms with E-state index >= 15 is 0 Å². The molecule has 24 heavy (non-hydrogen) atoms. The fraction of sp³-hybridized carbons (Fsp3) is 0.529. The number of carboxylic acid groups (broad SMARTS) is 1. The number of nitrogens with one attached hydrogen (secondary N) is 1. The first-order valence-electron chi connectivity index (χ1n) is 7.97. The molecule has 0 radical (unpaired) electrons. The van der Waals surface area contributed by atoms with Gasteiger partial charge in [0, 0.05) is 12.2 Å². The van der Waals surface area contributed by atoms with E-state index in [-0.39, 0.29) is 30.3 Å². The van der Waals surface area contributed by atoms with E-state index in [1.165, 1.54) is 0 Å². The number of carboxylic acids is 1. The van der Waals surface area contributed by atoms with Crippen LogP contribution in [0.4, 0.5) is 5.69 Å². The van der Waals surface area contributed by atoms with Crippen molar-refractivity contribution in [2.24, 2.45) is 5.92 Å². The lowest BCUT2D eigenvalue weighted by atomic mass is 9.96. The molecule has 0 bridgehead atoms. The fourth-order valence-corrected chi connectivity index (χ4v) is 3.00. The van der Waals surface area contributed by atoms with Crippen LogP contribution >= 0.6 is 12.4 Å². The van der Waals surface area contributed by atoms with Gasteiger partial charge in [0.05, 0.1) is 19.1 Å². The molecule has 7 heteroatoms. The molecule has 1 aliphatic heterocycles. The Labute approximate surface area is 148 Å². The third-order valence-corrected chi connectivity index (χ3v) is 4.29. The minimum atomic E-state index is -0.778. The minimum Gasteiger partial charge on any atom is -0.497 e. The summed E-state index contributed by atoms with van der Waals surface area (Å²) in [5.74, 6) is -0.522. The number of benzene rings is 1. The second-order valence-electron chi connectivity index (χ2n) is 5.81. The number of methoxy groups -OCH3 is 1. The van der Waals surface area contributed by atoms with Gasteiger partial charge in [0.1, 0.15) is 5.75 Å². The lowest BCUT2D eigenvalue weighted by Gasteiger charge is -2.35. The molecule has 1 saturated heterocycles. The highest BCUT2D eigenvalue weighted by Gasteiger charge is 2.32. The van der Waals surface area contributed by atoms with Crippen LogP contribution in [0.5, 0.6) is 5.75 Å². The van der Waals surface area contributed by atoms with Crippen molar-refractivity contribution in [1.29, 1.82) is 0 Å². The molecule has 0 aliphatic carbocycles. The van der Waals surface area contributed by atoms with Crippen molar-refractivity contribution in [3.05, 3.63) is 24.3 Å². The Hall–Kier alpha value is -1.79. The Morgan fingerprint density at radius 1 is 1.38 bits per heavy atom. The Bertz CT molecular complexity index is 550. The van der Waals surface area contributed by atoms with Crippen molar-refractivity contribution >= 4 is 30.0 Å². The lowest BCUT2D eigenvalue weighted by Crippen LogP contribution is -2.49. The van der Waals surface area contributed by atoms with E-state index in [2.05, 4.69) is 5.32 Å². The van der Waals surface area contributed by atoms with Gasteiger partial charge in [0.2, 0.25) is 5.91 Å². The van der Waals surface area contributed by atoms with Gasteiger partial charge in [-0.2, -0.15) is 0 Å². The third kappa shape index (κ3) is 5.11. The van der Waals surface area contributed by atoms with Crippen LogP contribution in [0, 0.1) is 5.92 Å². The van der Waals surface area contributed by atoms with Gasteiger partial charge in [-0.05, 0) is 50.1 Å². The summed E-state index contributed by atoms with van der Waals surface area (Å²) in [4.78, 5) is 25.7. The second kappa shape index (κ2) is 9.49. The number of hydrogen-bond acceptors (Lipinski definition) is 4. The molecule has 2 N–H and O–H groups in total. The van der Waals surface area contributed by atoms with Crippen molar-refractivity contribution in [2.45, 2.75) is 32.2 Å². The number of hydrogen-bond donors (Lipinski definition) is 2. The summed E-state index contributed by atoms with van der Waals surface area (Å²) in [6.07, 6.45) is 2.14. The van der Waals surface area contributed by atoms with E-state index in [0.717, 1.165) is 18.7 Å². The third-order valence-electron chi connectivity index (χ3n) is 4.29. The number of halogens is 1. The summed E-state index contributed by atoms with van der Waals surface area (Å²) in [5, 5.41) is 12.1. The van der Waals surface area contributed by atoms with Gasteiger partial charge in [-0.1, -0.05) is 6.92 Å². The normalized spacial score (nSPS) is 19.0.